The molecular weight excluding hydrogens is 372 g/mol. The standard InChI is InChI=1S/C21H24N4S2/c26-21(22-11-10-17-6-2-1-3-7-17)25-14-12-24(13-15-25)16-20-23-18-8-4-5-9-19(18)27-20/h1-9H,10-16H2,(H,22,26)/p+1. The van der Waals surface area contributed by atoms with Gasteiger partial charge < -0.3 is 15.1 Å². The predicted octanol–water partition coefficient (Wildman–Crippen LogP) is 2.11. The van der Waals surface area contributed by atoms with E-state index in [1.165, 1.54) is 15.3 Å². The molecule has 0 amide bonds. The molecular formula is C21H25N4S2+. The third kappa shape index (κ3) is 4.83. The van der Waals surface area contributed by atoms with Gasteiger partial charge in [-0.05, 0) is 36.3 Å². The Bertz CT molecular complexity index is 852. The Kier molecular flexibility index (Phi) is 5.97. The van der Waals surface area contributed by atoms with Crippen molar-refractivity contribution in [3.8, 4) is 0 Å². The molecule has 4 nitrogen and oxygen atoms in total. The molecule has 0 atom stereocenters. The van der Waals surface area contributed by atoms with Crippen molar-refractivity contribution in [3.63, 3.8) is 0 Å². The molecule has 0 unspecified atom stereocenters. The van der Waals surface area contributed by atoms with Crippen molar-refractivity contribution >= 4 is 38.9 Å². The molecule has 3 aromatic rings. The van der Waals surface area contributed by atoms with Gasteiger partial charge in [0.15, 0.2) is 5.11 Å². The van der Waals surface area contributed by atoms with Gasteiger partial charge in [-0.15, -0.1) is 11.3 Å². The number of thiocarbonyl (C=S) groups is 1. The molecule has 1 saturated heterocycles. The van der Waals surface area contributed by atoms with Crippen LogP contribution in [0.4, 0.5) is 0 Å². The molecule has 2 N–H and O–H groups in total. The molecule has 0 saturated carbocycles. The Morgan fingerprint density at radius 1 is 1.07 bits per heavy atom. The zero-order chi connectivity index (χ0) is 18.5. The lowest BCUT2D eigenvalue weighted by Crippen LogP contribution is -3.13. The summed E-state index contributed by atoms with van der Waals surface area (Å²) in [4.78, 5) is 8.68. The first kappa shape index (κ1) is 18.3. The monoisotopic (exact) mass is 397 g/mol. The van der Waals surface area contributed by atoms with Crippen molar-refractivity contribution in [2.75, 3.05) is 32.7 Å². The van der Waals surface area contributed by atoms with Gasteiger partial charge >= 0.3 is 0 Å². The fraction of sp³-hybridized carbons (Fsp3) is 0.333. The van der Waals surface area contributed by atoms with Crippen molar-refractivity contribution < 1.29 is 4.90 Å². The highest BCUT2D eigenvalue weighted by molar-refractivity contribution is 7.80. The zero-order valence-electron chi connectivity index (χ0n) is 15.4. The Morgan fingerprint density at radius 2 is 1.81 bits per heavy atom. The number of fused-ring (bicyclic) bond motifs is 1. The quantitative estimate of drug-likeness (QED) is 0.646. The van der Waals surface area contributed by atoms with Crippen LogP contribution >= 0.6 is 23.6 Å². The van der Waals surface area contributed by atoms with Gasteiger partial charge in [0.2, 0.25) is 0 Å². The Morgan fingerprint density at radius 3 is 2.59 bits per heavy atom. The molecule has 2 heterocycles. The van der Waals surface area contributed by atoms with Crippen LogP contribution in [0.1, 0.15) is 10.6 Å². The molecule has 4 rings (SSSR count). The number of benzene rings is 2. The Balaban J connectivity index is 1.21. The number of hydrogen-bond acceptors (Lipinski definition) is 3. The van der Waals surface area contributed by atoms with Crippen molar-refractivity contribution in [3.05, 3.63) is 65.2 Å². The third-order valence-electron chi connectivity index (χ3n) is 5.03. The minimum atomic E-state index is 0.890. The summed E-state index contributed by atoms with van der Waals surface area (Å²) in [6.07, 6.45) is 1.00. The minimum Gasteiger partial charge on any atom is -0.362 e. The van der Waals surface area contributed by atoms with E-state index in [0.717, 1.165) is 56.3 Å². The largest absolute Gasteiger partial charge is 0.362 e. The SMILES string of the molecule is S=C(NCCc1ccccc1)N1CC[NH+](Cc2nc3ccccc3s2)CC1. The smallest absolute Gasteiger partial charge is 0.169 e. The number of piperazine rings is 1. The van der Waals surface area contributed by atoms with Crippen LogP contribution in [0.15, 0.2) is 54.6 Å². The third-order valence-corrected chi connectivity index (χ3v) is 6.47. The molecule has 2 aromatic carbocycles. The normalized spacial score (nSPS) is 15.2. The molecule has 0 aliphatic carbocycles. The first-order valence-electron chi connectivity index (χ1n) is 9.53. The highest BCUT2D eigenvalue weighted by Crippen LogP contribution is 2.20. The van der Waals surface area contributed by atoms with Crippen molar-refractivity contribution in [1.82, 2.24) is 15.2 Å². The van der Waals surface area contributed by atoms with Crippen LogP contribution in [0.5, 0.6) is 0 Å². The molecule has 1 aromatic heterocycles. The molecule has 0 spiro atoms. The summed E-state index contributed by atoms with van der Waals surface area (Å²) in [5, 5.41) is 5.55. The molecule has 0 bridgehead atoms. The summed E-state index contributed by atoms with van der Waals surface area (Å²) in [5.74, 6) is 0. The number of nitrogens with zero attached hydrogens (tertiary/aromatic N) is 2. The second-order valence-electron chi connectivity index (χ2n) is 6.96. The van der Waals surface area contributed by atoms with E-state index in [9.17, 15) is 0 Å². The average molecular weight is 398 g/mol. The Labute approximate surface area is 169 Å². The zero-order valence-corrected chi connectivity index (χ0v) is 17.0. The lowest BCUT2D eigenvalue weighted by molar-refractivity contribution is -0.917. The molecule has 1 aliphatic rings. The number of rotatable bonds is 5. The molecule has 1 fully saturated rings. The van der Waals surface area contributed by atoms with Crippen LogP contribution in [0.3, 0.4) is 0 Å². The van der Waals surface area contributed by atoms with E-state index in [4.69, 9.17) is 17.2 Å². The summed E-state index contributed by atoms with van der Waals surface area (Å²) >= 11 is 7.42. The highest BCUT2D eigenvalue weighted by Gasteiger charge is 2.22. The van der Waals surface area contributed by atoms with Gasteiger partial charge in [-0.2, -0.15) is 0 Å². The first-order valence-corrected chi connectivity index (χ1v) is 10.7. The second-order valence-corrected chi connectivity index (χ2v) is 8.46. The van der Waals surface area contributed by atoms with Crippen LogP contribution in [-0.2, 0) is 13.0 Å². The first-order chi connectivity index (χ1) is 13.3. The van der Waals surface area contributed by atoms with E-state index >= 15 is 0 Å². The van der Waals surface area contributed by atoms with Crippen LogP contribution in [0, 0.1) is 0 Å². The van der Waals surface area contributed by atoms with E-state index in [1.807, 2.05) is 11.3 Å². The van der Waals surface area contributed by atoms with Gasteiger partial charge in [-0.25, -0.2) is 4.98 Å². The number of nitrogens with one attached hydrogen (secondary N) is 2. The summed E-state index contributed by atoms with van der Waals surface area (Å²) < 4.78 is 1.29. The predicted molar refractivity (Wildman–Crippen MR) is 116 cm³/mol. The van der Waals surface area contributed by atoms with E-state index in [0.29, 0.717) is 0 Å². The van der Waals surface area contributed by atoms with Crippen LogP contribution in [0.2, 0.25) is 0 Å². The topological polar surface area (TPSA) is 32.6 Å². The molecule has 6 heteroatoms. The number of aromatic nitrogens is 1. The van der Waals surface area contributed by atoms with E-state index in [1.54, 1.807) is 4.90 Å². The summed E-state index contributed by atoms with van der Waals surface area (Å²) in [6, 6.07) is 18.9. The van der Waals surface area contributed by atoms with E-state index in [-0.39, 0.29) is 0 Å². The number of thiazole rings is 1. The number of quaternary nitrogens is 1. The lowest BCUT2D eigenvalue weighted by Gasteiger charge is -2.33. The number of para-hydroxylation sites is 1. The van der Waals surface area contributed by atoms with Gasteiger partial charge in [0, 0.05) is 6.54 Å². The van der Waals surface area contributed by atoms with Gasteiger partial charge in [0.1, 0.15) is 11.6 Å². The summed E-state index contributed by atoms with van der Waals surface area (Å²) in [7, 11) is 0. The van der Waals surface area contributed by atoms with Gasteiger partial charge in [0.25, 0.3) is 0 Å². The van der Waals surface area contributed by atoms with Gasteiger partial charge in [0.05, 0.1) is 36.4 Å². The van der Waals surface area contributed by atoms with E-state index < -0.39 is 0 Å². The van der Waals surface area contributed by atoms with Gasteiger partial charge in [-0.1, -0.05) is 42.5 Å². The summed E-state index contributed by atoms with van der Waals surface area (Å²) in [6.45, 7) is 6.14. The fourth-order valence-electron chi connectivity index (χ4n) is 3.48. The highest BCUT2D eigenvalue weighted by atomic mass is 32.1. The maximum absolute atomic E-state index is 5.60. The van der Waals surface area contributed by atoms with Gasteiger partial charge in [-0.3, -0.25) is 0 Å². The maximum atomic E-state index is 5.60. The van der Waals surface area contributed by atoms with Crippen LogP contribution < -0.4 is 10.2 Å². The van der Waals surface area contributed by atoms with E-state index in [2.05, 4.69) is 64.8 Å². The van der Waals surface area contributed by atoms with Crippen molar-refractivity contribution in [2.45, 2.75) is 13.0 Å². The number of hydrogen-bond donors (Lipinski definition) is 2. The average Bonchev–Trinajstić information content (AvgIpc) is 3.11. The minimum absolute atomic E-state index is 0.890. The van der Waals surface area contributed by atoms with Crippen LogP contribution in [0.25, 0.3) is 10.2 Å². The molecule has 0 radical (unpaired) electrons. The summed E-state index contributed by atoms with van der Waals surface area (Å²) in [5.41, 5.74) is 2.47. The lowest BCUT2D eigenvalue weighted by atomic mass is 10.1. The molecule has 1 aliphatic heterocycles. The van der Waals surface area contributed by atoms with Crippen LogP contribution in [-0.4, -0.2) is 47.7 Å². The molecule has 27 heavy (non-hydrogen) atoms. The molecule has 140 valence electrons. The van der Waals surface area contributed by atoms with Crippen molar-refractivity contribution in [1.29, 1.82) is 0 Å². The maximum Gasteiger partial charge on any atom is 0.169 e. The Hall–Kier alpha value is -2.02. The fourth-order valence-corrected chi connectivity index (χ4v) is 4.81. The van der Waals surface area contributed by atoms with Crippen molar-refractivity contribution in [2.24, 2.45) is 0 Å². The second kappa shape index (κ2) is 8.78.